The molecular formula is C17H26N6. The molecule has 2 unspecified atom stereocenters. The van der Waals surface area contributed by atoms with Gasteiger partial charge in [-0.2, -0.15) is 0 Å². The summed E-state index contributed by atoms with van der Waals surface area (Å²) in [6.45, 7) is 9.47. The van der Waals surface area contributed by atoms with Crippen LogP contribution in [0.2, 0.25) is 0 Å². The predicted octanol–water partition coefficient (Wildman–Crippen LogP) is 2.33. The maximum Gasteiger partial charge on any atom is 0.165 e. The molecule has 2 aromatic heterocycles. The first-order chi connectivity index (χ1) is 11.1. The Kier molecular flexibility index (Phi) is 4.73. The van der Waals surface area contributed by atoms with Crippen molar-refractivity contribution in [3.05, 3.63) is 23.7 Å². The fraction of sp³-hybridized carbons (Fsp3) is 0.588. The minimum Gasteiger partial charge on any atom is -0.369 e. The molecule has 0 spiro atoms. The van der Waals surface area contributed by atoms with Gasteiger partial charge in [0.15, 0.2) is 5.65 Å². The standard InChI is InChI=1S/C17H26N6/c1-10-8-11(2)21-17-15(10)16(19-9-20-17)18-7-5-6-14-12(3)22-23-13(14)4/h8-9,12-14,22-23H,5-7H2,1-4H3,(H,18,19,20,21). The molecule has 124 valence electrons. The second-order valence-corrected chi connectivity index (χ2v) is 6.60. The van der Waals surface area contributed by atoms with E-state index in [4.69, 9.17) is 0 Å². The Hall–Kier alpha value is -1.79. The molecular weight excluding hydrogens is 288 g/mol. The molecule has 0 amide bonds. The van der Waals surface area contributed by atoms with Crippen molar-refractivity contribution in [1.29, 1.82) is 0 Å². The lowest BCUT2D eigenvalue weighted by molar-refractivity contribution is 0.406. The number of rotatable bonds is 5. The molecule has 0 aromatic carbocycles. The molecule has 1 saturated heterocycles. The summed E-state index contributed by atoms with van der Waals surface area (Å²) >= 11 is 0. The number of fused-ring (bicyclic) bond motifs is 1. The van der Waals surface area contributed by atoms with Crippen molar-refractivity contribution in [2.45, 2.75) is 52.6 Å². The number of nitrogens with zero attached hydrogens (tertiary/aromatic N) is 3. The summed E-state index contributed by atoms with van der Waals surface area (Å²) < 4.78 is 0. The smallest absolute Gasteiger partial charge is 0.165 e. The summed E-state index contributed by atoms with van der Waals surface area (Å²) in [7, 11) is 0. The van der Waals surface area contributed by atoms with E-state index >= 15 is 0 Å². The number of hydrogen-bond donors (Lipinski definition) is 3. The number of aryl methyl sites for hydroxylation is 2. The lowest BCUT2D eigenvalue weighted by Gasteiger charge is -2.18. The molecule has 1 aliphatic heterocycles. The fourth-order valence-electron chi connectivity index (χ4n) is 3.50. The van der Waals surface area contributed by atoms with Crippen LogP contribution in [0.1, 0.15) is 37.9 Å². The number of pyridine rings is 1. The second-order valence-electron chi connectivity index (χ2n) is 6.60. The maximum absolute atomic E-state index is 4.50. The zero-order chi connectivity index (χ0) is 16.4. The molecule has 1 fully saturated rings. The number of hydrazine groups is 1. The summed E-state index contributed by atoms with van der Waals surface area (Å²) in [6.07, 6.45) is 3.90. The molecule has 6 heteroatoms. The second kappa shape index (κ2) is 6.76. The van der Waals surface area contributed by atoms with Gasteiger partial charge in [-0.25, -0.2) is 15.0 Å². The molecule has 0 saturated carbocycles. The first-order valence-corrected chi connectivity index (χ1v) is 8.40. The van der Waals surface area contributed by atoms with E-state index in [-0.39, 0.29) is 0 Å². The van der Waals surface area contributed by atoms with Crippen LogP contribution in [0, 0.1) is 19.8 Å². The van der Waals surface area contributed by atoms with E-state index in [0.717, 1.165) is 35.5 Å². The molecule has 2 atom stereocenters. The molecule has 6 nitrogen and oxygen atoms in total. The number of hydrogen-bond acceptors (Lipinski definition) is 6. The van der Waals surface area contributed by atoms with Crippen LogP contribution in [0.4, 0.5) is 5.82 Å². The van der Waals surface area contributed by atoms with Crippen molar-refractivity contribution in [3.63, 3.8) is 0 Å². The molecule has 3 rings (SSSR count). The Morgan fingerprint density at radius 1 is 1.13 bits per heavy atom. The quantitative estimate of drug-likeness (QED) is 0.736. The van der Waals surface area contributed by atoms with Crippen LogP contribution in [-0.4, -0.2) is 33.6 Å². The van der Waals surface area contributed by atoms with Crippen LogP contribution in [-0.2, 0) is 0 Å². The molecule has 3 heterocycles. The van der Waals surface area contributed by atoms with Crippen LogP contribution in [0.15, 0.2) is 12.4 Å². The lowest BCUT2D eigenvalue weighted by Crippen LogP contribution is -2.30. The lowest BCUT2D eigenvalue weighted by atomic mass is 9.92. The van der Waals surface area contributed by atoms with E-state index in [1.54, 1.807) is 6.33 Å². The third-order valence-electron chi connectivity index (χ3n) is 4.76. The molecule has 23 heavy (non-hydrogen) atoms. The monoisotopic (exact) mass is 314 g/mol. The maximum atomic E-state index is 4.50. The number of nitrogens with one attached hydrogen (secondary N) is 3. The SMILES string of the molecule is Cc1cc(C)c2c(NCCCC3C(C)NNC3C)ncnc2n1. The molecule has 0 radical (unpaired) electrons. The summed E-state index contributed by atoms with van der Waals surface area (Å²) in [5.74, 6) is 1.56. The van der Waals surface area contributed by atoms with Crippen LogP contribution in [0.3, 0.4) is 0 Å². The van der Waals surface area contributed by atoms with Crippen molar-refractivity contribution in [2.75, 3.05) is 11.9 Å². The Labute approximate surface area is 137 Å². The normalized spacial score (nSPS) is 24.3. The van der Waals surface area contributed by atoms with E-state index in [1.807, 2.05) is 6.92 Å². The van der Waals surface area contributed by atoms with E-state index in [1.165, 1.54) is 12.0 Å². The Morgan fingerprint density at radius 3 is 2.61 bits per heavy atom. The van der Waals surface area contributed by atoms with Crippen molar-refractivity contribution in [1.82, 2.24) is 25.8 Å². The van der Waals surface area contributed by atoms with Crippen LogP contribution in [0.25, 0.3) is 11.0 Å². The van der Waals surface area contributed by atoms with Crippen LogP contribution >= 0.6 is 0 Å². The average Bonchev–Trinajstić information content (AvgIpc) is 2.82. The van der Waals surface area contributed by atoms with Gasteiger partial charge < -0.3 is 5.32 Å². The fourth-order valence-corrected chi connectivity index (χ4v) is 3.50. The topological polar surface area (TPSA) is 74.8 Å². The summed E-state index contributed by atoms with van der Waals surface area (Å²) in [5.41, 5.74) is 9.56. The van der Waals surface area contributed by atoms with Crippen molar-refractivity contribution >= 4 is 16.9 Å². The highest BCUT2D eigenvalue weighted by Gasteiger charge is 2.28. The van der Waals surface area contributed by atoms with Crippen LogP contribution < -0.4 is 16.2 Å². The van der Waals surface area contributed by atoms with Gasteiger partial charge >= 0.3 is 0 Å². The molecule has 1 aliphatic rings. The van der Waals surface area contributed by atoms with Crippen molar-refractivity contribution in [2.24, 2.45) is 5.92 Å². The summed E-state index contributed by atoms with van der Waals surface area (Å²) in [4.78, 5) is 13.2. The van der Waals surface area contributed by atoms with Gasteiger partial charge in [-0.05, 0) is 58.1 Å². The molecule has 0 bridgehead atoms. The number of anilines is 1. The summed E-state index contributed by atoms with van der Waals surface area (Å²) in [6, 6.07) is 3.13. The van der Waals surface area contributed by atoms with E-state index in [9.17, 15) is 0 Å². The Morgan fingerprint density at radius 2 is 1.87 bits per heavy atom. The van der Waals surface area contributed by atoms with Crippen LogP contribution in [0.5, 0.6) is 0 Å². The first-order valence-electron chi connectivity index (χ1n) is 8.40. The summed E-state index contributed by atoms with van der Waals surface area (Å²) in [5, 5.41) is 4.50. The van der Waals surface area contributed by atoms with Gasteiger partial charge in [0.2, 0.25) is 0 Å². The number of aromatic nitrogens is 3. The van der Waals surface area contributed by atoms with Gasteiger partial charge in [-0.3, -0.25) is 10.9 Å². The third-order valence-corrected chi connectivity index (χ3v) is 4.76. The van der Waals surface area contributed by atoms with E-state index < -0.39 is 0 Å². The third kappa shape index (κ3) is 3.43. The first kappa shape index (κ1) is 16.1. The van der Waals surface area contributed by atoms with E-state index in [0.29, 0.717) is 18.0 Å². The van der Waals surface area contributed by atoms with Gasteiger partial charge in [0, 0.05) is 24.3 Å². The Balaban J connectivity index is 1.64. The highest BCUT2D eigenvalue weighted by Crippen LogP contribution is 2.23. The van der Waals surface area contributed by atoms with Gasteiger partial charge in [0.25, 0.3) is 0 Å². The van der Waals surface area contributed by atoms with Crippen molar-refractivity contribution in [3.8, 4) is 0 Å². The van der Waals surface area contributed by atoms with Gasteiger partial charge in [-0.1, -0.05) is 0 Å². The minimum absolute atomic E-state index is 0.527. The molecule has 2 aromatic rings. The predicted molar refractivity (Wildman–Crippen MR) is 93.2 cm³/mol. The van der Waals surface area contributed by atoms with E-state index in [2.05, 4.69) is 58.0 Å². The van der Waals surface area contributed by atoms with Gasteiger partial charge in [-0.15, -0.1) is 0 Å². The average molecular weight is 314 g/mol. The molecule has 3 N–H and O–H groups in total. The highest BCUT2D eigenvalue weighted by molar-refractivity contribution is 5.89. The largest absolute Gasteiger partial charge is 0.369 e. The zero-order valence-electron chi connectivity index (χ0n) is 14.3. The Bertz CT molecular complexity index is 676. The zero-order valence-corrected chi connectivity index (χ0v) is 14.3. The highest BCUT2D eigenvalue weighted by atomic mass is 15.4. The minimum atomic E-state index is 0.527. The van der Waals surface area contributed by atoms with Gasteiger partial charge in [0.05, 0.1) is 5.39 Å². The van der Waals surface area contributed by atoms with Crippen molar-refractivity contribution < 1.29 is 0 Å². The van der Waals surface area contributed by atoms with Gasteiger partial charge in [0.1, 0.15) is 12.1 Å². The molecule has 0 aliphatic carbocycles.